The summed E-state index contributed by atoms with van der Waals surface area (Å²) in [5, 5.41) is 7.94. The molecule has 1 fully saturated rings. The molecule has 4 rings (SSSR count). The van der Waals surface area contributed by atoms with Crippen molar-refractivity contribution in [3.8, 4) is 22.8 Å². The number of hydrogen-bond donors (Lipinski definition) is 2. The summed E-state index contributed by atoms with van der Waals surface area (Å²) in [6.07, 6.45) is 3.39. The fourth-order valence-electron chi connectivity index (χ4n) is 3.99. The number of rotatable bonds is 8. The molecule has 2 aromatic heterocycles. The predicted molar refractivity (Wildman–Crippen MR) is 123 cm³/mol. The highest BCUT2D eigenvalue weighted by atomic mass is 19.3. The van der Waals surface area contributed by atoms with Crippen LogP contribution in [0.15, 0.2) is 48.8 Å². The summed E-state index contributed by atoms with van der Waals surface area (Å²) in [4.78, 5) is 13.3. The zero-order chi connectivity index (χ0) is 24.4. The van der Waals surface area contributed by atoms with Crippen molar-refractivity contribution in [2.24, 2.45) is 17.7 Å². The number of aromatic nitrogens is 3. The van der Waals surface area contributed by atoms with Crippen LogP contribution in [0.5, 0.6) is 11.6 Å². The largest absolute Gasteiger partial charge is 0.495 e. The van der Waals surface area contributed by atoms with Gasteiger partial charge in [0.1, 0.15) is 17.4 Å². The number of nitrogens with two attached hydrogens (primary N) is 1. The van der Waals surface area contributed by atoms with Gasteiger partial charge in [0.15, 0.2) is 0 Å². The lowest BCUT2D eigenvalue weighted by atomic mass is 10.1. The number of hydrazine groups is 1. The van der Waals surface area contributed by atoms with Gasteiger partial charge in [0.25, 0.3) is 0 Å². The number of halogens is 2. The molecule has 1 aliphatic carbocycles. The predicted octanol–water partition coefficient (Wildman–Crippen LogP) is 4.01. The molecular formula is C24H26F2N6O2. The standard InChI is InChI=1S/C24H26F2N6O2/c1-13-19(21(13)20-9-8-17(33-3)10-30-20)12-34-23-18(11-29-14(2)31-23)15-4-6-16(7-5-15)22(27)32(28)24(25)26/h4-11,13,19,21,24,27H,12,28H2,1-3H3. The van der Waals surface area contributed by atoms with Crippen LogP contribution in [-0.2, 0) is 0 Å². The van der Waals surface area contributed by atoms with Gasteiger partial charge in [-0.05, 0) is 30.5 Å². The third kappa shape index (κ3) is 4.81. The average molecular weight is 469 g/mol. The molecular weight excluding hydrogens is 442 g/mol. The van der Waals surface area contributed by atoms with Crippen molar-refractivity contribution >= 4 is 5.84 Å². The van der Waals surface area contributed by atoms with Crippen molar-refractivity contribution in [1.82, 2.24) is 20.0 Å². The van der Waals surface area contributed by atoms with E-state index < -0.39 is 12.4 Å². The van der Waals surface area contributed by atoms with Crippen LogP contribution in [0.4, 0.5) is 8.78 Å². The molecule has 0 amide bonds. The van der Waals surface area contributed by atoms with E-state index in [1.165, 1.54) is 0 Å². The Labute approximate surface area is 196 Å². The van der Waals surface area contributed by atoms with Gasteiger partial charge in [-0.15, -0.1) is 0 Å². The number of hydrogen-bond acceptors (Lipinski definition) is 7. The molecule has 8 nitrogen and oxygen atoms in total. The number of benzene rings is 1. The molecule has 0 saturated heterocycles. The van der Waals surface area contributed by atoms with Crippen LogP contribution in [0.1, 0.15) is 29.9 Å². The Morgan fingerprint density at radius 1 is 1.15 bits per heavy atom. The van der Waals surface area contributed by atoms with Crippen LogP contribution in [0.2, 0.25) is 0 Å². The van der Waals surface area contributed by atoms with E-state index in [0.29, 0.717) is 41.6 Å². The van der Waals surface area contributed by atoms with Crippen LogP contribution < -0.4 is 15.3 Å². The monoisotopic (exact) mass is 468 g/mol. The molecule has 2 heterocycles. The zero-order valence-corrected chi connectivity index (χ0v) is 19.1. The highest BCUT2D eigenvalue weighted by Gasteiger charge is 2.49. The number of amidine groups is 1. The average Bonchev–Trinajstić information content (AvgIpc) is 3.50. The maximum atomic E-state index is 12.8. The first-order valence-electron chi connectivity index (χ1n) is 10.8. The van der Waals surface area contributed by atoms with Crippen LogP contribution in [-0.4, -0.2) is 46.1 Å². The Morgan fingerprint density at radius 3 is 2.50 bits per heavy atom. The van der Waals surface area contributed by atoms with Crippen molar-refractivity contribution in [2.45, 2.75) is 26.3 Å². The fourth-order valence-corrected chi connectivity index (χ4v) is 3.99. The lowest BCUT2D eigenvalue weighted by molar-refractivity contribution is 0.0209. The van der Waals surface area contributed by atoms with Crippen molar-refractivity contribution in [3.05, 3.63) is 65.9 Å². The molecule has 0 bridgehead atoms. The molecule has 1 aliphatic rings. The summed E-state index contributed by atoms with van der Waals surface area (Å²) in [5.41, 5.74) is 2.69. The van der Waals surface area contributed by atoms with Crippen molar-refractivity contribution in [1.29, 1.82) is 5.41 Å². The second kappa shape index (κ2) is 9.68. The number of alkyl halides is 2. The number of nitrogens with one attached hydrogen (secondary N) is 1. The van der Waals surface area contributed by atoms with E-state index in [1.54, 1.807) is 50.7 Å². The second-order valence-electron chi connectivity index (χ2n) is 8.23. The van der Waals surface area contributed by atoms with Crippen molar-refractivity contribution in [3.63, 3.8) is 0 Å². The molecule has 0 spiro atoms. The first kappa shape index (κ1) is 23.5. The minimum atomic E-state index is -2.96. The number of methoxy groups -OCH3 is 1. The Bertz CT molecular complexity index is 1160. The van der Waals surface area contributed by atoms with Gasteiger partial charge < -0.3 is 9.47 Å². The van der Waals surface area contributed by atoms with E-state index in [9.17, 15) is 8.78 Å². The first-order valence-corrected chi connectivity index (χ1v) is 10.8. The van der Waals surface area contributed by atoms with E-state index in [4.69, 9.17) is 20.7 Å². The van der Waals surface area contributed by atoms with Crippen LogP contribution in [0.3, 0.4) is 0 Å². The molecule has 0 aliphatic heterocycles. The normalized spacial score (nSPS) is 19.1. The third-order valence-corrected chi connectivity index (χ3v) is 6.12. The highest BCUT2D eigenvalue weighted by Crippen LogP contribution is 2.53. The van der Waals surface area contributed by atoms with Gasteiger partial charge in [-0.25, -0.2) is 15.8 Å². The van der Waals surface area contributed by atoms with Gasteiger partial charge in [0, 0.05) is 29.3 Å². The summed E-state index contributed by atoms with van der Waals surface area (Å²) in [5.74, 6) is 7.54. The highest BCUT2D eigenvalue weighted by molar-refractivity contribution is 5.96. The molecule has 3 unspecified atom stereocenters. The Balaban J connectivity index is 1.48. The first-order chi connectivity index (χ1) is 16.3. The summed E-state index contributed by atoms with van der Waals surface area (Å²) in [6, 6.07) is 10.4. The van der Waals surface area contributed by atoms with Gasteiger partial charge in [0.2, 0.25) is 5.88 Å². The zero-order valence-electron chi connectivity index (χ0n) is 19.1. The second-order valence-corrected chi connectivity index (χ2v) is 8.23. The summed E-state index contributed by atoms with van der Waals surface area (Å²) in [6.45, 7) is 1.47. The minimum absolute atomic E-state index is 0.115. The van der Waals surface area contributed by atoms with Gasteiger partial charge in [-0.3, -0.25) is 10.4 Å². The van der Waals surface area contributed by atoms with Crippen molar-refractivity contribution in [2.75, 3.05) is 13.7 Å². The number of ether oxygens (including phenoxy) is 2. The maximum absolute atomic E-state index is 12.8. The maximum Gasteiger partial charge on any atom is 0.329 e. The van der Waals surface area contributed by atoms with E-state index >= 15 is 0 Å². The van der Waals surface area contributed by atoms with E-state index in [0.717, 1.165) is 17.0 Å². The van der Waals surface area contributed by atoms with Gasteiger partial charge >= 0.3 is 6.55 Å². The lowest BCUT2D eigenvalue weighted by Crippen LogP contribution is -2.41. The summed E-state index contributed by atoms with van der Waals surface area (Å²) in [7, 11) is 1.61. The third-order valence-electron chi connectivity index (χ3n) is 6.12. The molecule has 1 saturated carbocycles. The van der Waals surface area contributed by atoms with Gasteiger partial charge in [0.05, 0.1) is 25.5 Å². The molecule has 34 heavy (non-hydrogen) atoms. The topological polar surface area (TPSA) is 110 Å². The molecule has 1 aromatic carbocycles. The molecule has 178 valence electrons. The number of aryl methyl sites for hydroxylation is 1. The Kier molecular flexibility index (Phi) is 6.69. The van der Waals surface area contributed by atoms with Crippen LogP contribution in [0.25, 0.3) is 11.1 Å². The van der Waals surface area contributed by atoms with Gasteiger partial charge in [-0.2, -0.15) is 13.8 Å². The molecule has 3 atom stereocenters. The quantitative estimate of drug-likeness (QED) is 0.169. The van der Waals surface area contributed by atoms with Gasteiger partial charge in [-0.1, -0.05) is 31.2 Å². The van der Waals surface area contributed by atoms with Crippen LogP contribution >= 0.6 is 0 Å². The molecule has 3 N–H and O–H groups in total. The number of nitrogens with zero attached hydrogens (tertiary/aromatic N) is 4. The van der Waals surface area contributed by atoms with E-state index in [1.807, 2.05) is 12.1 Å². The van der Waals surface area contributed by atoms with Crippen molar-refractivity contribution < 1.29 is 18.3 Å². The minimum Gasteiger partial charge on any atom is -0.495 e. The molecule has 0 radical (unpaired) electrons. The Morgan fingerprint density at radius 2 is 1.88 bits per heavy atom. The van der Waals surface area contributed by atoms with Crippen LogP contribution in [0, 0.1) is 24.2 Å². The summed E-state index contributed by atoms with van der Waals surface area (Å²) < 4.78 is 36.9. The summed E-state index contributed by atoms with van der Waals surface area (Å²) >= 11 is 0. The SMILES string of the molecule is COc1ccc(C2C(C)C2COc2nc(C)ncc2-c2ccc(C(=N)N(N)C(F)F)cc2)nc1. The fraction of sp³-hybridized carbons (Fsp3) is 0.333. The lowest BCUT2D eigenvalue weighted by Gasteiger charge is -2.18. The smallest absolute Gasteiger partial charge is 0.329 e. The molecule has 10 heteroatoms. The van der Waals surface area contributed by atoms with E-state index in [-0.39, 0.29) is 10.6 Å². The van der Waals surface area contributed by atoms with E-state index in [2.05, 4.69) is 21.9 Å². The molecule has 3 aromatic rings. The number of pyridine rings is 1. The Hall–Kier alpha value is -3.66.